The maximum atomic E-state index is 12.0. The van der Waals surface area contributed by atoms with E-state index in [-0.39, 0.29) is 18.0 Å². The van der Waals surface area contributed by atoms with Crippen molar-refractivity contribution in [3.63, 3.8) is 0 Å². The Balaban J connectivity index is 4.56. The summed E-state index contributed by atoms with van der Waals surface area (Å²) in [5.74, 6) is 0.481. The Hall–Kier alpha value is -1.03. The number of ether oxygens (including phenoxy) is 3. The van der Waals surface area contributed by atoms with Gasteiger partial charge < -0.3 is 14.2 Å². The van der Waals surface area contributed by atoms with Gasteiger partial charge in [-0.05, 0) is 27.2 Å². The molecule has 0 atom stereocenters. The van der Waals surface area contributed by atoms with Crippen LogP contribution in [0.1, 0.15) is 41.0 Å². The molecule has 4 heteroatoms. The third-order valence-electron chi connectivity index (χ3n) is 3.03. The van der Waals surface area contributed by atoms with Crippen LogP contribution in [0.3, 0.4) is 0 Å². The zero-order valence-corrected chi connectivity index (χ0v) is 13.2. The van der Waals surface area contributed by atoms with E-state index in [1.807, 2.05) is 34.6 Å². The van der Waals surface area contributed by atoms with Gasteiger partial charge in [0.1, 0.15) is 6.61 Å². The van der Waals surface area contributed by atoms with Crippen LogP contribution in [-0.4, -0.2) is 32.9 Å². The molecule has 0 aromatic rings. The highest BCUT2D eigenvalue weighted by Gasteiger charge is 2.38. The van der Waals surface area contributed by atoms with Crippen molar-refractivity contribution in [3.8, 4) is 0 Å². The minimum Gasteiger partial charge on any atom is -0.498 e. The molecule has 112 valence electrons. The Morgan fingerprint density at radius 1 is 1.05 bits per heavy atom. The molecule has 0 rings (SSSR count). The van der Waals surface area contributed by atoms with Crippen LogP contribution in [-0.2, 0) is 19.0 Å². The van der Waals surface area contributed by atoms with E-state index in [1.165, 1.54) is 0 Å². The summed E-state index contributed by atoms with van der Waals surface area (Å²) in [4.78, 5) is 12.0. The van der Waals surface area contributed by atoms with Crippen molar-refractivity contribution < 1.29 is 19.0 Å². The van der Waals surface area contributed by atoms with Crippen molar-refractivity contribution in [1.82, 2.24) is 0 Å². The van der Waals surface area contributed by atoms with E-state index in [9.17, 15) is 4.79 Å². The van der Waals surface area contributed by atoms with Crippen molar-refractivity contribution in [2.45, 2.75) is 41.0 Å². The van der Waals surface area contributed by atoms with E-state index in [0.29, 0.717) is 25.4 Å². The Kier molecular flexibility index (Phi) is 7.12. The largest absolute Gasteiger partial charge is 0.498 e. The molecule has 0 saturated carbocycles. The van der Waals surface area contributed by atoms with Crippen molar-refractivity contribution >= 4 is 5.97 Å². The number of carbonyl (C=O) groups is 1. The Morgan fingerprint density at radius 3 is 2.11 bits per heavy atom. The summed E-state index contributed by atoms with van der Waals surface area (Å²) in [5.41, 5.74) is -0.864. The summed E-state index contributed by atoms with van der Waals surface area (Å²) in [5, 5.41) is 0. The van der Waals surface area contributed by atoms with Crippen molar-refractivity contribution in [1.29, 1.82) is 0 Å². The summed E-state index contributed by atoms with van der Waals surface area (Å²) < 4.78 is 15.5. The summed E-state index contributed by atoms with van der Waals surface area (Å²) >= 11 is 0. The lowest BCUT2D eigenvalue weighted by Gasteiger charge is -2.34. The van der Waals surface area contributed by atoms with Gasteiger partial charge in [0.05, 0.1) is 24.4 Å². The van der Waals surface area contributed by atoms with Crippen molar-refractivity contribution in [3.05, 3.63) is 12.3 Å². The molecule has 0 aliphatic carbocycles. The molecule has 0 radical (unpaired) electrons. The predicted octanol–water partition coefficient (Wildman–Crippen LogP) is 3.17. The second kappa shape index (κ2) is 7.53. The third kappa shape index (κ3) is 6.10. The molecule has 19 heavy (non-hydrogen) atoms. The standard InChI is InChI=1S/C15H28O4/c1-8-18-12(2)14(3,4)11-15(5,6)13(16)19-10-9-17-7/h2,8-11H2,1,3-7H3. The van der Waals surface area contributed by atoms with Crippen LogP contribution >= 0.6 is 0 Å². The van der Waals surface area contributed by atoms with Crippen LogP contribution in [0.25, 0.3) is 0 Å². The first-order chi connectivity index (χ1) is 8.67. The highest BCUT2D eigenvalue weighted by molar-refractivity contribution is 5.76. The molecule has 0 saturated heterocycles. The molecule has 4 nitrogen and oxygen atoms in total. The van der Waals surface area contributed by atoms with Crippen LogP contribution in [0.4, 0.5) is 0 Å². The summed E-state index contributed by atoms with van der Waals surface area (Å²) in [7, 11) is 1.58. The van der Waals surface area contributed by atoms with Gasteiger partial charge in [-0.25, -0.2) is 0 Å². The Labute approximate surface area is 117 Å². The van der Waals surface area contributed by atoms with Gasteiger partial charge in [0.25, 0.3) is 0 Å². The normalized spacial score (nSPS) is 12.1. The SMILES string of the molecule is C=C(OCC)C(C)(C)CC(C)(C)C(=O)OCCOC. The van der Waals surface area contributed by atoms with Gasteiger partial charge in [-0.15, -0.1) is 0 Å². The molecule has 0 spiro atoms. The first-order valence-corrected chi connectivity index (χ1v) is 6.65. The van der Waals surface area contributed by atoms with E-state index in [1.54, 1.807) is 7.11 Å². The van der Waals surface area contributed by atoms with Crippen LogP contribution in [0.15, 0.2) is 12.3 Å². The molecule has 0 fully saturated rings. The number of esters is 1. The average Bonchev–Trinajstić information content (AvgIpc) is 2.28. The van der Waals surface area contributed by atoms with Gasteiger partial charge in [-0.1, -0.05) is 20.4 Å². The molecule has 0 aromatic heterocycles. The highest BCUT2D eigenvalue weighted by Crippen LogP contribution is 2.39. The maximum absolute atomic E-state index is 12.0. The summed E-state index contributed by atoms with van der Waals surface area (Å²) in [6.07, 6.45) is 0.616. The fraction of sp³-hybridized carbons (Fsp3) is 0.800. The zero-order chi connectivity index (χ0) is 15.1. The smallest absolute Gasteiger partial charge is 0.311 e. The van der Waals surface area contributed by atoms with Gasteiger partial charge in [-0.3, -0.25) is 4.79 Å². The van der Waals surface area contributed by atoms with E-state index in [4.69, 9.17) is 14.2 Å². The molecule has 0 heterocycles. The van der Waals surface area contributed by atoms with Crippen molar-refractivity contribution in [2.75, 3.05) is 26.9 Å². The Morgan fingerprint density at radius 2 is 1.63 bits per heavy atom. The van der Waals surface area contributed by atoms with Gasteiger partial charge in [0.2, 0.25) is 0 Å². The van der Waals surface area contributed by atoms with Crippen LogP contribution in [0, 0.1) is 10.8 Å². The molecule has 0 unspecified atom stereocenters. The molecule has 0 amide bonds. The quantitative estimate of drug-likeness (QED) is 0.367. The monoisotopic (exact) mass is 272 g/mol. The number of hydrogen-bond acceptors (Lipinski definition) is 4. The number of hydrogen-bond donors (Lipinski definition) is 0. The number of allylic oxidation sites excluding steroid dienone is 1. The molecular weight excluding hydrogens is 244 g/mol. The fourth-order valence-corrected chi connectivity index (χ4v) is 2.06. The highest BCUT2D eigenvalue weighted by atomic mass is 16.6. The van der Waals surface area contributed by atoms with E-state index >= 15 is 0 Å². The molecule has 0 bridgehead atoms. The van der Waals surface area contributed by atoms with E-state index < -0.39 is 5.41 Å². The van der Waals surface area contributed by atoms with E-state index in [2.05, 4.69) is 6.58 Å². The minimum absolute atomic E-state index is 0.220. The lowest BCUT2D eigenvalue weighted by molar-refractivity contribution is -0.157. The summed E-state index contributed by atoms with van der Waals surface area (Å²) in [6.45, 7) is 14.9. The third-order valence-corrected chi connectivity index (χ3v) is 3.03. The average molecular weight is 272 g/mol. The lowest BCUT2D eigenvalue weighted by Crippen LogP contribution is -2.34. The molecule has 0 aliphatic heterocycles. The van der Waals surface area contributed by atoms with Crippen LogP contribution in [0.2, 0.25) is 0 Å². The van der Waals surface area contributed by atoms with Crippen LogP contribution < -0.4 is 0 Å². The van der Waals surface area contributed by atoms with Crippen molar-refractivity contribution in [2.24, 2.45) is 10.8 Å². The molecular formula is C15H28O4. The van der Waals surface area contributed by atoms with Gasteiger partial charge in [0, 0.05) is 12.5 Å². The number of methoxy groups -OCH3 is 1. The number of rotatable bonds is 9. The van der Waals surface area contributed by atoms with Gasteiger partial charge in [-0.2, -0.15) is 0 Å². The zero-order valence-electron chi connectivity index (χ0n) is 13.2. The van der Waals surface area contributed by atoms with E-state index in [0.717, 1.165) is 0 Å². The second-order valence-corrected chi connectivity index (χ2v) is 5.93. The van der Waals surface area contributed by atoms with Gasteiger partial charge in [0.15, 0.2) is 0 Å². The topological polar surface area (TPSA) is 44.8 Å². The second-order valence-electron chi connectivity index (χ2n) is 5.93. The fourth-order valence-electron chi connectivity index (χ4n) is 2.06. The number of carbonyl (C=O) groups excluding carboxylic acids is 1. The first kappa shape index (κ1) is 18.0. The predicted molar refractivity (Wildman–Crippen MR) is 75.8 cm³/mol. The Bertz CT molecular complexity index is 305. The molecule has 0 aromatic carbocycles. The van der Waals surface area contributed by atoms with Crippen LogP contribution in [0.5, 0.6) is 0 Å². The summed E-state index contributed by atoms with van der Waals surface area (Å²) in [6, 6.07) is 0. The molecule has 0 N–H and O–H groups in total. The minimum atomic E-state index is -0.586. The lowest BCUT2D eigenvalue weighted by atomic mass is 9.74. The van der Waals surface area contributed by atoms with Gasteiger partial charge >= 0.3 is 5.97 Å². The maximum Gasteiger partial charge on any atom is 0.311 e. The molecule has 0 aliphatic rings. The first-order valence-electron chi connectivity index (χ1n) is 6.65.